The van der Waals surface area contributed by atoms with Crippen molar-refractivity contribution in [1.82, 2.24) is 15.0 Å². The van der Waals surface area contributed by atoms with E-state index in [0.717, 1.165) is 28.9 Å². The van der Waals surface area contributed by atoms with Crippen molar-refractivity contribution in [1.29, 1.82) is 0 Å². The summed E-state index contributed by atoms with van der Waals surface area (Å²) in [6.07, 6.45) is 2.86. The first-order chi connectivity index (χ1) is 14.1. The lowest BCUT2D eigenvalue weighted by atomic mass is 10.1. The highest BCUT2D eigenvalue weighted by Gasteiger charge is 2.11. The Morgan fingerprint density at radius 3 is 2.66 bits per heavy atom. The van der Waals surface area contributed by atoms with E-state index in [2.05, 4.69) is 37.7 Å². The van der Waals surface area contributed by atoms with Gasteiger partial charge in [0.1, 0.15) is 5.69 Å². The van der Waals surface area contributed by atoms with Gasteiger partial charge in [-0.05, 0) is 50.1 Å². The first-order valence-electron chi connectivity index (χ1n) is 9.61. The molecular formula is C23H23N5O. The van der Waals surface area contributed by atoms with E-state index < -0.39 is 0 Å². The van der Waals surface area contributed by atoms with Crippen molar-refractivity contribution >= 4 is 28.4 Å². The maximum absolute atomic E-state index is 12.6. The summed E-state index contributed by atoms with van der Waals surface area (Å²) in [5, 5.41) is 7.34. The normalized spacial score (nSPS) is 10.8. The molecule has 146 valence electrons. The number of carbonyl (C=O) groups is 1. The average molecular weight is 385 g/mol. The number of benzene rings is 2. The number of nitrogens with zero attached hydrogens (tertiary/aromatic N) is 2. The quantitative estimate of drug-likeness (QED) is 0.457. The Morgan fingerprint density at radius 2 is 1.83 bits per heavy atom. The Labute approximate surface area is 169 Å². The van der Waals surface area contributed by atoms with Gasteiger partial charge in [-0.15, -0.1) is 0 Å². The van der Waals surface area contributed by atoms with Crippen LogP contribution in [0.1, 0.15) is 27.3 Å². The van der Waals surface area contributed by atoms with Crippen molar-refractivity contribution in [3.8, 4) is 0 Å². The minimum absolute atomic E-state index is 0.251. The van der Waals surface area contributed by atoms with Gasteiger partial charge in [-0.2, -0.15) is 0 Å². The molecule has 29 heavy (non-hydrogen) atoms. The van der Waals surface area contributed by atoms with Crippen LogP contribution in [-0.2, 0) is 6.42 Å². The zero-order valence-electron chi connectivity index (χ0n) is 16.5. The average Bonchev–Trinajstić information content (AvgIpc) is 3.12. The Morgan fingerprint density at radius 1 is 1.03 bits per heavy atom. The van der Waals surface area contributed by atoms with E-state index >= 15 is 0 Å². The molecule has 0 fully saturated rings. The first-order valence-corrected chi connectivity index (χ1v) is 9.61. The van der Waals surface area contributed by atoms with Crippen LogP contribution < -0.4 is 10.6 Å². The topological polar surface area (TPSA) is 82.7 Å². The molecule has 0 saturated carbocycles. The number of carbonyl (C=O) groups excluding carboxylic acids is 1. The molecule has 2 aromatic heterocycles. The van der Waals surface area contributed by atoms with E-state index in [1.54, 1.807) is 6.07 Å². The molecule has 0 aliphatic rings. The van der Waals surface area contributed by atoms with E-state index in [1.165, 1.54) is 10.9 Å². The van der Waals surface area contributed by atoms with E-state index in [1.807, 2.05) is 56.4 Å². The molecule has 4 rings (SSSR count). The third kappa shape index (κ3) is 4.43. The number of aromatic amines is 1. The Bertz CT molecular complexity index is 1150. The number of anilines is 2. The predicted octanol–water partition coefficient (Wildman–Crippen LogP) is 4.48. The van der Waals surface area contributed by atoms with Gasteiger partial charge in [-0.1, -0.05) is 35.9 Å². The molecular weight excluding hydrogens is 362 g/mol. The fourth-order valence-electron chi connectivity index (χ4n) is 3.24. The van der Waals surface area contributed by atoms with Gasteiger partial charge in [-0.3, -0.25) is 4.79 Å². The van der Waals surface area contributed by atoms with Crippen molar-refractivity contribution < 1.29 is 4.79 Å². The number of rotatable bonds is 6. The van der Waals surface area contributed by atoms with Crippen LogP contribution in [0.4, 0.5) is 11.6 Å². The summed E-state index contributed by atoms with van der Waals surface area (Å²) in [6, 6.07) is 17.6. The SMILES string of the molecule is Cc1ccc(NC(=O)c2cc(C)nc(NCCc3c[nH]c4ccccc34)n2)cc1. The van der Waals surface area contributed by atoms with Crippen LogP contribution in [0.3, 0.4) is 0 Å². The van der Waals surface area contributed by atoms with E-state index in [4.69, 9.17) is 0 Å². The summed E-state index contributed by atoms with van der Waals surface area (Å²) in [7, 11) is 0. The maximum atomic E-state index is 12.6. The summed E-state index contributed by atoms with van der Waals surface area (Å²) >= 11 is 0. The summed E-state index contributed by atoms with van der Waals surface area (Å²) in [5.41, 5.74) is 5.33. The summed E-state index contributed by atoms with van der Waals surface area (Å²) in [5.74, 6) is 0.206. The van der Waals surface area contributed by atoms with Gasteiger partial charge in [0.05, 0.1) is 0 Å². The molecule has 0 spiro atoms. The summed E-state index contributed by atoms with van der Waals surface area (Å²) in [4.78, 5) is 24.7. The number of aromatic nitrogens is 3. The van der Waals surface area contributed by atoms with Gasteiger partial charge in [0, 0.05) is 35.0 Å². The van der Waals surface area contributed by atoms with Crippen molar-refractivity contribution in [3.63, 3.8) is 0 Å². The second-order valence-electron chi connectivity index (χ2n) is 7.07. The minimum Gasteiger partial charge on any atom is -0.361 e. The highest BCUT2D eigenvalue weighted by molar-refractivity contribution is 6.03. The fourth-order valence-corrected chi connectivity index (χ4v) is 3.24. The summed E-state index contributed by atoms with van der Waals surface area (Å²) < 4.78 is 0. The number of nitrogens with one attached hydrogen (secondary N) is 3. The van der Waals surface area contributed by atoms with Gasteiger partial charge in [0.2, 0.25) is 5.95 Å². The van der Waals surface area contributed by atoms with Gasteiger partial charge in [-0.25, -0.2) is 9.97 Å². The Hall–Kier alpha value is -3.67. The second-order valence-corrected chi connectivity index (χ2v) is 7.07. The largest absolute Gasteiger partial charge is 0.361 e. The third-order valence-corrected chi connectivity index (χ3v) is 4.75. The van der Waals surface area contributed by atoms with Crippen LogP contribution >= 0.6 is 0 Å². The lowest BCUT2D eigenvalue weighted by Crippen LogP contribution is -2.16. The van der Waals surface area contributed by atoms with Gasteiger partial charge >= 0.3 is 0 Å². The smallest absolute Gasteiger partial charge is 0.274 e. The molecule has 2 heterocycles. The zero-order chi connectivity index (χ0) is 20.2. The second kappa shape index (κ2) is 8.14. The van der Waals surface area contributed by atoms with Crippen LogP contribution in [-0.4, -0.2) is 27.4 Å². The lowest BCUT2D eigenvalue weighted by molar-refractivity contribution is 0.102. The number of hydrogen-bond donors (Lipinski definition) is 3. The Balaban J connectivity index is 1.42. The molecule has 1 amide bonds. The van der Waals surface area contributed by atoms with E-state index in [9.17, 15) is 4.79 Å². The van der Waals surface area contributed by atoms with Crippen LogP contribution in [0.5, 0.6) is 0 Å². The molecule has 0 atom stereocenters. The highest BCUT2D eigenvalue weighted by atomic mass is 16.1. The summed E-state index contributed by atoms with van der Waals surface area (Å²) in [6.45, 7) is 4.53. The van der Waals surface area contributed by atoms with Crippen molar-refractivity contribution in [2.45, 2.75) is 20.3 Å². The van der Waals surface area contributed by atoms with E-state index in [0.29, 0.717) is 18.2 Å². The van der Waals surface area contributed by atoms with Gasteiger partial charge in [0.15, 0.2) is 0 Å². The molecule has 6 nitrogen and oxygen atoms in total. The van der Waals surface area contributed by atoms with E-state index in [-0.39, 0.29) is 5.91 Å². The molecule has 3 N–H and O–H groups in total. The lowest BCUT2D eigenvalue weighted by Gasteiger charge is -2.09. The van der Waals surface area contributed by atoms with Crippen LogP contribution in [0.25, 0.3) is 10.9 Å². The van der Waals surface area contributed by atoms with Crippen molar-refractivity contribution in [2.75, 3.05) is 17.2 Å². The number of para-hydroxylation sites is 1. The molecule has 0 aliphatic heterocycles. The van der Waals surface area contributed by atoms with Crippen molar-refractivity contribution in [3.05, 3.63) is 83.3 Å². The molecule has 0 unspecified atom stereocenters. The van der Waals surface area contributed by atoms with Gasteiger partial charge in [0.25, 0.3) is 5.91 Å². The maximum Gasteiger partial charge on any atom is 0.274 e. The van der Waals surface area contributed by atoms with Crippen LogP contribution in [0.2, 0.25) is 0 Å². The molecule has 0 radical (unpaired) electrons. The number of hydrogen-bond acceptors (Lipinski definition) is 4. The molecule has 4 aromatic rings. The first kappa shape index (κ1) is 18.7. The van der Waals surface area contributed by atoms with Crippen molar-refractivity contribution in [2.24, 2.45) is 0 Å². The molecule has 2 aromatic carbocycles. The number of amides is 1. The standard InChI is InChI=1S/C23H23N5O/c1-15-7-9-18(10-8-15)27-22(29)21-13-16(2)26-23(28-21)24-12-11-17-14-25-20-6-4-3-5-19(17)20/h3-10,13-14,25H,11-12H2,1-2H3,(H,27,29)(H,24,26,28). The van der Waals surface area contributed by atoms with Crippen LogP contribution in [0.15, 0.2) is 60.8 Å². The monoisotopic (exact) mass is 385 g/mol. The Kier molecular flexibility index (Phi) is 5.24. The molecule has 0 saturated heterocycles. The molecule has 0 aliphatic carbocycles. The number of H-pyrrole nitrogens is 1. The van der Waals surface area contributed by atoms with Crippen LogP contribution in [0, 0.1) is 13.8 Å². The highest BCUT2D eigenvalue weighted by Crippen LogP contribution is 2.18. The minimum atomic E-state index is -0.251. The fraction of sp³-hybridized carbons (Fsp3) is 0.174. The number of fused-ring (bicyclic) bond motifs is 1. The molecule has 0 bridgehead atoms. The third-order valence-electron chi connectivity index (χ3n) is 4.75. The number of aryl methyl sites for hydroxylation is 2. The molecule has 6 heteroatoms. The predicted molar refractivity (Wildman–Crippen MR) is 116 cm³/mol. The van der Waals surface area contributed by atoms with Gasteiger partial charge < -0.3 is 15.6 Å². The zero-order valence-corrected chi connectivity index (χ0v) is 16.5.